The van der Waals surface area contributed by atoms with Crippen LogP contribution in [-0.4, -0.2) is 20.9 Å². The summed E-state index contributed by atoms with van der Waals surface area (Å²) in [5, 5.41) is 2.55. The van der Waals surface area contributed by atoms with Crippen LogP contribution in [0.2, 0.25) is 0 Å². The van der Waals surface area contributed by atoms with E-state index in [0.717, 1.165) is 12.8 Å². The Balaban J connectivity index is 3.00. The third-order valence-corrected chi connectivity index (χ3v) is 4.15. The summed E-state index contributed by atoms with van der Waals surface area (Å²) in [6, 6.07) is 6.29. The van der Waals surface area contributed by atoms with Crippen molar-refractivity contribution in [2.75, 3.05) is 11.9 Å². The predicted octanol–water partition coefficient (Wildman–Crippen LogP) is 2.28. The van der Waals surface area contributed by atoms with E-state index < -0.39 is 15.9 Å². The quantitative estimate of drug-likeness (QED) is 0.599. The van der Waals surface area contributed by atoms with Gasteiger partial charge in [-0.25, -0.2) is 13.1 Å². The summed E-state index contributed by atoms with van der Waals surface area (Å²) in [5.74, 6) is -0.402. The fourth-order valence-corrected chi connectivity index (χ4v) is 2.73. The van der Waals surface area contributed by atoms with E-state index in [2.05, 4.69) is 16.6 Å². The van der Waals surface area contributed by atoms with Crippen LogP contribution in [0.15, 0.2) is 41.3 Å². The van der Waals surface area contributed by atoms with Crippen LogP contribution >= 0.6 is 0 Å². The van der Waals surface area contributed by atoms with E-state index in [-0.39, 0.29) is 10.6 Å². The molecule has 0 aliphatic rings. The average molecular weight is 296 g/mol. The number of benzene rings is 1. The van der Waals surface area contributed by atoms with Crippen LogP contribution < -0.4 is 10.0 Å². The molecular weight excluding hydrogens is 276 g/mol. The van der Waals surface area contributed by atoms with Gasteiger partial charge in [0.05, 0.1) is 5.69 Å². The Kier molecular flexibility index (Phi) is 5.91. The molecule has 0 saturated heterocycles. The maximum Gasteiger partial charge on any atom is 0.250 e. The number of amides is 1. The third-order valence-electron chi connectivity index (χ3n) is 2.63. The summed E-state index contributed by atoms with van der Waals surface area (Å²) < 4.78 is 26.9. The predicted molar refractivity (Wildman–Crippen MR) is 80.0 cm³/mol. The molecule has 0 aromatic heterocycles. The zero-order chi connectivity index (χ0) is 15.2. The normalized spacial score (nSPS) is 11.1. The molecule has 5 nitrogen and oxygen atoms in total. The number of hydrogen-bond acceptors (Lipinski definition) is 3. The lowest BCUT2D eigenvalue weighted by atomic mass is 10.3. The molecule has 1 rings (SSSR count). The molecule has 20 heavy (non-hydrogen) atoms. The number of nitrogens with one attached hydrogen (secondary N) is 2. The van der Waals surface area contributed by atoms with Gasteiger partial charge in [-0.3, -0.25) is 4.79 Å². The Bertz CT molecular complexity index is 594. The average Bonchev–Trinajstić information content (AvgIpc) is 2.39. The van der Waals surface area contributed by atoms with Crippen LogP contribution in [0, 0.1) is 0 Å². The summed E-state index contributed by atoms with van der Waals surface area (Å²) in [7, 11) is -3.63. The number of hydrogen-bond donors (Lipinski definition) is 2. The summed E-state index contributed by atoms with van der Waals surface area (Å²) in [6.45, 7) is 7.45. The van der Waals surface area contributed by atoms with Gasteiger partial charge < -0.3 is 5.32 Å². The topological polar surface area (TPSA) is 75.3 Å². The third kappa shape index (κ3) is 4.47. The summed E-state index contributed by atoms with van der Waals surface area (Å²) in [6.07, 6.45) is 1.66. The van der Waals surface area contributed by atoms with Gasteiger partial charge in [0.2, 0.25) is 10.0 Å². The molecule has 0 aliphatic carbocycles. The van der Waals surface area contributed by atoms with E-state index in [1.807, 2.05) is 6.92 Å². The highest BCUT2D eigenvalue weighted by atomic mass is 32.2. The van der Waals surface area contributed by atoms with E-state index in [9.17, 15) is 13.2 Å². The Morgan fingerprint density at radius 2 is 1.95 bits per heavy atom. The molecule has 0 saturated carbocycles. The van der Waals surface area contributed by atoms with Crippen LogP contribution in [-0.2, 0) is 14.8 Å². The van der Waals surface area contributed by atoms with Gasteiger partial charge in [-0.1, -0.05) is 32.1 Å². The van der Waals surface area contributed by atoms with Gasteiger partial charge in [0.25, 0.3) is 5.91 Å². The second-order valence-electron chi connectivity index (χ2n) is 4.48. The van der Waals surface area contributed by atoms with Crippen LogP contribution in [0.4, 0.5) is 5.69 Å². The molecule has 1 amide bonds. The fourth-order valence-electron chi connectivity index (χ4n) is 1.49. The zero-order valence-electron chi connectivity index (χ0n) is 11.8. The largest absolute Gasteiger partial charge is 0.321 e. The van der Waals surface area contributed by atoms with Crippen molar-refractivity contribution in [2.45, 2.75) is 31.6 Å². The van der Waals surface area contributed by atoms with Crippen molar-refractivity contribution in [3.05, 3.63) is 36.4 Å². The molecule has 6 heteroatoms. The van der Waals surface area contributed by atoms with Gasteiger partial charge in [-0.15, -0.1) is 0 Å². The molecule has 0 unspecified atom stereocenters. The van der Waals surface area contributed by atoms with Gasteiger partial charge in [0.1, 0.15) is 4.90 Å². The molecule has 0 atom stereocenters. The second-order valence-corrected chi connectivity index (χ2v) is 6.22. The van der Waals surface area contributed by atoms with Crippen molar-refractivity contribution in [3.63, 3.8) is 0 Å². The summed E-state index contributed by atoms with van der Waals surface area (Å²) in [5.41, 5.74) is 0.570. The molecule has 1 aromatic rings. The summed E-state index contributed by atoms with van der Waals surface area (Å²) >= 11 is 0. The lowest BCUT2D eigenvalue weighted by Gasteiger charge is -2.12. The minimum atomic E-state index is -3.63. The first-order valence-corrected chi connectivity index (χ1v) is 7.92. The van der Waals surface area contributed by atoms with Crippen molar-refractivity contribution in [1.29, 1.82) is 0 Å². The van der Waals surface area contributed by atoms with E-state index in [1.54, 1.807) is 25.1 Å². The van der Waals surface area contributed by atoms with E-state index >= 15 is 0 Å². The SMILES string of the molecule is C=C(C)C(=O)Nc1ccccc1S(=O)(=O)NCCCC. The van der Waals surface area contributed by atoms with Crippen LogP contribution in [0.1, 0.15) is 26.7 Å². The van der Waals surface area contributed by atoms with Gasteiger partial charge >= 0.3 is 0 Å². The number of sulfonamides is 1. The molecule has 0 fully saturated rings. The second kappa shape index (κ2) is 7.21. The molecule has 1 aromatic carbocycles. The smallest absolute Gasteiger partial charge is 0.250 e. The fraction of sp³-hybridized carbons (Fsp3) is 0.357. The van der Waals surface area contributed by atoms with E-state index in [0.29, 0.717) is 12.1 Å². The molecular formula is C14H20N2O3S. The lowest BCUT2D eigenvalue weighted by molar-refractivity contribution is -0.112. The van der Waals surface area contributed by atoms with Gasteiger partial charge in [-0.2, -0.15) is 0 Å². The van der Waals surface area contributed by atoms with Crippen LogP contribution in [0.25, 0.3) is 0 Å². The van der Waals surface area contributed by atoms with Crippen molar-refractivity contribution in [1.82, 2.24) is 4.72 Å². The van der Waals surface area contributed by atoms with Crippen molar-refractivity contribution < 1.29 is 13.2 Å². The van der Waals surface area contributed by atoms with Gasteiger partial charge in [0, 0.05) is 12.1 Å². The van der Waals surface area contributed by atoms with Crippen molar-refractivity contribution >= 4 is 21.6 Å². The zero-order valence-corrected chi connectivity index (χ0v) is 12.6. The van der Waals surface area contributed by atoms with E-state index in [1.165, 1.54) is 6.07 Å². The Morgan fingerprint density at radius 3 is 2.55 bits per heavy atom. The maximum atomic E-state index is 12.2. The number of anilines is 1. The van der Waals surface area contributed by atoms with Crippen LogP contribution in [0.5, 0.6) is 0 Å². The highest BCUT2D eigenvalue weighted by Gasteiger charge is 2.18. The molecule has 0 spiro atoms. The Hall–Kier alpha value is -1.66. The number of carbonyl (C=O) groups is 1. The highest BCUT2D eigenvalue weighted by molar-refractivity contribution is 7.89. The molecule has 0 radical (unpaired) electrons. The summed E-state index contributed by atoms with van der Waals surface area (Å²) in [4.78, 5) is 11.7. The minimum Gasteiger partial charge on any atom is -0.321 e. The first kappa shape index (κ1) is 16.4. The molecule has 2 N–H and O–H groups in total. The van der Waals surface area contributed by atoms with Gasteiger partial charge in [0.15, 0.2) is 0 Å². The lowest BCUT2D eigenvalue weighted by Crippen LogP contribution is -2.26. The number of unbranched alkanes of at least 4 members (excludes halogenated alkanes) is 1. The standard InChI is InChI=1S/C14H20N2O3S/c1-4-5-10-15-20(18,19)13-9-7-6-8-12(13)16-14(17)11(2)3/h6-9,15H,2,4-5,10H2,1,3H3,(H,16,17). The molecule has 110 valence electrons. The Labute approximate surface area is 120 Å². The molecule has 0 heterocycles. The monoisotopic (exact) mass is 296 g/mol. The molecule has 0 bridgehead atoms. The van der Waals surface area contributed by atoms with Crippen molar-refractivity contribution in [3.8, 4) is 0 Å². The number of para-hydroxylation sites is 1. The number of carbonyl (C=O) groups excluding carboxylic acids is 1. The van der Waals surface area contributed by atoms with E-state index in [4.69, 9.17) is 0 Å². The first-order valence-electron chi connectivity index (χ1n) is 6.44. The highest BCUT2D eigenvalue weighted by Crippen LogP contribution is 2.21. The minimum absolute atomic E-state index is 0.0608. The maximum absolute atomic E-state index is 12.2. The first-order chi connectivity index (χ1) is 9.38. The van der Waals surface area contributed by atoms with Gasteiger partial charge in [-0.05, 0) is 25.5 Å². The van der Waals surface area contributed by atoms with Crippen LogP contribution in [0.3, 0.4) is 0 Å². The van der Waals surface area contributed by atoms with Crippen molar-refractivity contribution in [2.24, 2.45) is 0 Å². The number of rotatable bonds is 7. The molecule has 0 aliphatic heterocycles. The Morgan fingerprint density at radius 1 is 1.30 bits per heavy atom.